The molecule has 0 N–H and O–H groups in total. The molecule has 0 fully saturated rings. The van der Waals surface area contributed by atoms with Crippen LogP contribution in [0.5, 0.6) is 5.75 Å². The van der Waals surface area contributed by atoms with Gasteiger partial charge in [-0.15, -0.1) is 0 Å². The van der Waals surface area contributed by atoms with Crippen LogP contribution in [0.15, 0.2) is 6.07 Å². The van der Waals surface area contributed by atoms with Crippen molar-refractivity contribution in [3.05, 3.63) is 27.6 Å². The topological polar surface area (TPSA) is 65.3 Å². The van der Waals surface area contributed by atoms with Gasteiger partial charge in [-0.2, -0.15) is 0 Å². The molecule has 0 atom stereocenters. The quantitative estimate of drug-likeness (QED) is 0.576. The Bertz CT molecular complexity index is 396. The Morgan fingerprint density at radius 3 is 2.60 bits per heavy atom. The van der Waals surface area contributed by atoms with Crippen LogP contribution in [-0.4, -0.2) is 17.0 Å². The summed E-state index contributed by atoms with van der Waals surface area (Å²) in [6.45, 7) is 1.30. The second-order valence-electron chi connectivity index (χ2n) is 2.74. The van der Waals surface area contributed by atoms with E-state index in [9.17, 15) is 18.9 Å². The third kappa shape index (κ3) is 2.17. The van der Waals surface area contributed by atoms with E-state index >= 15 is 0 Å². The van der Waals surface area contributed by atoms with Crippen molar-refractivity contribution in [2.45, 2.75) is 13.3 Å². The molecule has 0 radical (unpaired) electrons. The van der Waals surface area contributed by atoms with E-state index in [0.717, 1.165) is 13.2 Å². The highest BCUT2D eigenvalue weighted by molar-refractivity contribution is 5.44. The van der Waals surface area contributed by atoms with Crippen LogP contribution >= 0.6 is 0 Å². The first kappa shape index (κ1) is 11.3. The number of halogens is 2. The lowest BCUT2D eigenvalue weighted by Crippen LogP contribution is -2.02. The number of methoxy groups -OCH3 is 1. The molecule has 0 aliphatic rings. The standard InChI is InChI=1S/C8H8F2N2O3/c1-4-5(12(13)14)3-6(15-2)7(11-4)8(9)10/h3,8H,1-2H3. The Labute approximate surface area is 83.8 Å². The maximum atomic E-state index is 12.4. The molecule has 1 rings (SSSR count). The number of rotatable bonds is 3. The molecule has 1 heterocycles. The van der Waals surface area contributed by atoms with Crippen LogP contribution in [0, 0.1) is 17.0 Å². The van der Waals surface area contributed by atoms with Crippen LogP contribution in [0.1, 0.15) is 17.8 Å². The maximum absolute atomic E-state index is 12.4. The summed E-state index contributed by atoms with van der Waals surface area (Å²) in [7, 11) is 1.15. The first-order chi connectivity index (χ1) is 6.97. The molecule has 0 amide bonds. The zero-order valence-corrected chi connectivity index (χ0v) is 8.03. The molecule has 0 aliphatic heterocycles. The highest BCUT2D eigenvalue weighted by atomic mass is 19.3. The normalized spacial score (nSPS) is 10.5. The number of aryl methyl sites for hydroxylation is 1. The van der Waals surface area contributed by atoms with Gasteiger partial charge in [0.25, 0.3) is 12.1 Å². The van der Waals surface area contributed by atoms with Gasteiger partial charge >= 0.3 is 0 Å². The van der Waals surface area contributed by atoms with Crippen LogP contribution in [0.3, 0.4) is 0 Å². The van der Waals surface area contributed by atoms with E-state index in [2.05, 4.69) is 9.72 Å². The fourth-order valence-corrected chi connectivity index (χ4v) is 1.10. The van der Waals surface area contributed by atoms with E-state index < -0.39 is 17.0 Å². The van der Waals surface area contributed by atoms with Crippen LogP contribution in [-0.2, 0) is 0 Å². The predicted octanol–water partition coefficient (Wildman–Crippen LogP) is 2.24. The molecule has 1 aromatic heterocycles. The van der Waals surface area contributed by atoms with Crippen molar-refractivity contribution in [2.24, 2.45) is 0 Å². The Balaban J connectivity index is 3.35. The summed E-state index contributed by atoms with van der Waals surface area (Å²) in [4.78, 5) is 13.2. The van der Waals surface area contributed by atoms with Crippen LogP contribution in [0.4, 0.5) is 14.5 Å². The second-order valence-corrected chi connectivity index (χ2v) is 2.74. The van der Waals surface area contributed by atoms with Gasteiger partial charge in [-0.05, 0) is 6.92 Å². The predicted molar refractivity (Wildman–Crippen MR) is 47.1 cm³/mol. The van der Waals surface area contributed by atoms with E-state index in [4.69, 9.17) is 0 Å². The van der Waals surface area contributed by atoms with Crippen molar-refractivity contribution in [3.8, 4) is 5.75 Å². The number of nitro groups is 1. The van der Waals surface area contributed by atoms with Crippen molar-refractivity contribution in [1.29, 1.82) is 0 Å². The largest absolute Gasteiger partial charge is 0.494 e. The lowest BCUT2D eigenvalue weighted by molar-refractivity contribution is -0.385. The molecule has 0 aromatic carbocycles. The van der Waals surface area contributed by atoms with Gasteiger partial charge in [0.1, 0.15) is 11.4 Å². The SMILES string of the molecule is COc1cc([N+](=O)[O-])c(C)nc1C(F)F. The molecule has 7 heteroatoms. The molecule has 5 nitrogen and oxygen atoms in total. The molecule has 1 aromatic rings. The number of aromatic nitrogens is 1. The van der Waals surface area contributed by atoms with Crippen molar-refractivity contribution in [3.63, 3.8) is 0 Å². The summed E-state index contributed by atoms with van der Waals surface area (Å²) >= 11 is 0. The zero-order valence-electron chi connectivity index (χ0n) is 8.03. The van der Waals surface area contributed by atoms with Crippen LogP contribution in [0.25, 0.3) is 0 Å². The monoisotopic (exact) mass is 218 g/mol. The Morgan fingerprint density at radius 2 is 2.20 bits per heavy atom. The van der Waals surface area contributed by atoms with E-state index in [1.807, 2.05) is 0 Å². The van der Waals surface area contributed by atoms with E-state index in [0.29, 0.717) is 0 Å². The molecular weight excluding hydrogens is 210 g/mol. The molecule has 0 unspecified atom stereocenters. The van der Waals surface area contributed by atoms with Gasteiger partial charge in [-0.1, -0.05) is 0 Å². The minimum atomic E-state index is -2.82. The Hall–Kier alpha value is -1.79. The fraction of sp³-hybridized carbons (Fsp3) is 0.375. The lowest BCUT2D eigenvalue weighted by Gasteiger charge is -2.07. The van der Waals surface area contributed by atoms with Gasteiger partial charge in [-0.3, -0.25) is 10.1 Å². The summed E-state index contributed by atoms with van der Waals surface area (Å²) < 4.78 is 29.4. The Morgan fingerprint density at radius 1 is 1.60 bits per heavy atom. The summed E-state index contributed by atoms with van der Waals surface area (Å²) in [6, 6.07) is 0.948. The maximum Gasteiger partial charge on any atom is 0.294 e. The average Bonchev–Trinajstić information content (AvgIpc) is 2.16. The van der Waals surface area contributed by atoms with Crippen molar-refractivity contribution in [1.82, 2.24) is 4.98 Å². The molecule has 0 bridgehead atoms. The molecule has 0 saturated heterocycles. The van der Waals surface area contributed by atoms with Crippen LogP contribution < -0.4 is 4.74 Å². The summed E-state index contributed by atoms with van der Waals surface area (Å²) in [5.41, 5.74) is -0.979. The second kappa shape index (κ2) is 4.16. The number of alkyl halides is 2. The number of hydrogen-bond acceptors (Lipinski definition) is 4. The van der Waals surface area contributed by atoms with Gasteiger partial charge in [0.15, 0.2) is 5.75 Å². The molecule has 15 heavy (non-hydrogen) atoms. The number of pyridine rings is 1. The van der Waals surface area contributed by atoms with E-state index in [1.54, 1.807) is 0 Å². The Kier molecular flexibility index (Phi) is 3.13. The summed E-state index contributed by atoms with van der Waals surface area (Å²) in [6.07, 6.45) is -2.82. The smallest absolute Gasteiger partial charge is 0.294 e. The first-order valence-corrected chi connectivity index (χ1v) is 3.95. The van der Waals surface area contributed by atoms with Gasteiger partial charge in [-0.25, -0.2) is 13.8 Å². The zero-order chi connectivity index (χ0) is 11.6. The third-order valence-corrected chi connectivity index (χ3v) is 1.80. The molecule has 82 valence electrons. The van der Waals surface area contributed by atoms with Gasteiger partial charge in [0.2, 0.25) is 0 Å². The third-order valence-electron chi connectivity index (χ3n) is 1.80. The molecule has 0 aliphatic carbocycles. The summed E-state index contributed by atoms with van der Waals surface area (Å²) in [5.74, 6) is -0.276. The number of ether oxygens (including phenoxy) is 1. The van der Waals surface area contributed by atoms with Gasteiger partial charge in [0.05, 0.1) is 18.1 Å². The fourth-order valence-electron chi connectivity index (χ4n) is 1.10. The van der Waals surface area contributed by atoms with Gasteiger partial charge in [0, 0.05) is 0 Å². The number of nitrogens with zero attached hydrogens (tertiary/aromatic N) is 2. The van der Waals surface area contributed by atoms with Crippen molar-refractivity contribution >= 4 is 5.69 Å². The number of hydrogen-bond donors (Lipinski definition) is 0. The highest BCUT2D eigenvalue weighted by Crippen LogP contribution is 2.31. The van der Waals surface area contributed by atoms with Crippen molar-refractivity contribution in [2.75, 3.05) is 7.11 Å². The first-order valence-electron chi connectivity index (χ1n) is 3.95. The molecule has 0 saturated carbocycles. The van der Waals surface area contributed by atoms with Crippen LogP contribution in [0.2, 0.25) is 0 Å². The lowest BCUT2D eigenvalue weighted by atomic mass is 10.2. The molecular formula is C8H8F2N2O3. The minimum absolute atomic E-state index is 0.0592. The molecule has 0 spiro atoms. The average molecular weight is 218 g/mol. The van der Waals surface area contributed by atoms with Crippen molar-refractivity contribution < 1.29 is 18.4 Å². The van der Waals surface area contributed by atoms with Gasteiger partial charge < -0.3 is 4.74 Å². The highest BCUT2D eigenvalue weighted by Gasteiger charge is 2.22. The minimum Gasteiger partial charge on any atom is -0.494 e. The van der Waals surface area contributed by atoms with E-state index in [-0.39, 0.29) is 17.1 Å². The summed E-state index contributed by atoms with van der Waals surface area (Å²) in [5, 5.41) is 10.5. The van der Waals surface area contributed by atoms with E-state index in [1.165, 1.54) is 6.92 Å².